The van der Waals surface area contributed by atoms with Crippen LogP contribution in [0.5, 0.6) is 5.75 Å². The SMILES string of the molecule is CC(C)CNCCCNCC(C)Oc1cccc(Cl)c1. The molecule has 0 bridgehead atoms. The molecule has 2 N–H and O–H groups in total. The van der Waals surface area contributed by atoms with Crippen LogP contribution in [0.15, 0.2) is 24.3 Å². The van der Waals surface area contributed by atoms with Crippen LogP contribution < -0.4 is 15.4 Å². The molecular formula is C16H27ClN2O. The van der Waals surface area contributed by atoms with Crippen LogP contribution in [0.2, 0.25) is 5.02 Å². The Morgan fingerprint density at radius 1 is 1.10 bits per heavy atom. The summed E-state index contributed by atoms with van der Waals surface area (Å²) in [6.45, 7) is 10.5. The van der Waals surface area contributed by atoms with Gasteiger partial charge in [0.05, 0.1) is 0 Å². The Labute approximate surface area is 128 Å². The number of rotatable bonds is 10. The first-order valence-electron chi connectivity index (χ1n) is 7.41. The third-order valence-electron chi connectivity index (χ3n) is 2.82. The molecule has 1 aromatic rings. The average Bonchev–Trinajstić information content (AvgIpc) is 2.37. The fourth-order valence-corrected chi connectivity index (χ4v) is 2.03. The maximum atomic E-state index is 5.92. The highest BCUT2D eigenvalue weighted by atomic mass is 35.5. The lowest BCUT2D eigenvalue weighted by atomic mass is 10.2. The first-order chi connectivity index (χ1) is 9.58. The normalized spacial score (nSPS) is 12.7. The zero-order valence-electron chi connectivity index (χ0n) is 12.8. The van der Waals surface area contributed by atoms with E-state index in [1.165, 1.54) is 0 Å². The summed E-state index contributed by atoms with van der Waals surface area (Å²) in [5.74, 6) is 1.54. The molecule has 0 aliphatic rings. The molecule has 0 heterocycles. The molecule has 114 valence electrons. The van der Waals surface area contributed by atoms with E-state index in [1.54, 1.807) is 0 Å². The second-order valence-corrected chi connectivity index (χ2v) is 5.98. The van der Waals surface area contributed by atoms with E-state index >= 15 is 0 Å². The van der Waals surface area contributed by atoms with Crippen LogP contribution in [0.4, 0.5) is 0 Å². The lowest BCUT2D eigenvalue weighted by molar-refractivity contribution is 0.217. The highest BCUT2D eigenvalue weighted by Crippen LogP contribution is 2.18. The Balaban J connectivity index is 2.04. The van der Waals surface area contributed by atoms with E-state index in [0.717, 1.165) is 38.3 Å². The summed E-state index contributed by atoms with van der Waals surface area (Å²) in [5, 5.41) is 7.55. The predicted molar refractivity (Wildman–Crippen MR) is 86.7 cm³/mol. The number of halogens is 1. The van der Waals surface area contributed by atoms with Crippen LogP contribution in [0.3, 0.4) is 0 Å². The van der Waals surface area contributed by atoms with Crippen molar-refractivity contribution in [3.05, 3.63) is 29.3 Å². The molecule has 4 heteroatoms. The minimum absolute atomic E-state index is 0.136. The molecule has 0 aliphatic carbocycles. The molecule has 1 unspecified atom stereocenters. The van der Waals surface area contributed by atoms with Crippen molar-refractivity contribution in [1.29, 1.82) is 0 Å². The lowest BCUT2D eigenvalue weighted by Gasteiger charge is -2.15. The molecule has 1 rings (SSSR count). The number of benzene rings is 1. The lowest BCUT2D eigenvalue weighted by Crippen LogP contribution is -2.31. The zero-order valence-corrected chi connectivity index (χ0v) is 13.5. The van der Waals surface area contributed by atoms with E-state index in [4.69, 9.17) is 16.3 Å². The smallest absolute Gasteiger partial charge is 0.121 e. The predicted octanol–water partition coefficient (Wildman–Crippen LogP) is 3.33. The van der Waals surface area contributed by atoms with Gasteiger partial charge in [-0.05, 0) is 57.1 Å². The van der Waals surface area contributed by atoms with E-state index in [0.29, 0.717) is 10.9 Å². The van der Waals surface area contributed by atoms with Gasteiger partial charge in [-0.1, -0.05) is 31.5 Å². The molecular weight excluding hydrogens is 272 g/mol. The van der Waals surface area contributed by atoms with Crippen molar-refractivity contribution in [2.24, 2.45) is 5.92 Å². The fraction of sp³-hybridized carbons (Fsp3) is 0.625. The minimum atomic E-state index is 0.136. The standard InChI is InChI=1S/C16H27ClN2O/c1-13(2)11-18-8-5-9-19-12-14(3)20-16-7-4-6-15(17)10-16/h4,6-7,10,13-14,18-19H,5,8-9,11-12H2,1-3H3. The Morgan fingerprint density at radius 2 is 1.80 bits per heavy atom. The van der Waals surface area contributed by atoms with Crippen LogP contribution in [0.1, 0.15) is 27.2 Å². The summed E-state index contributed by atoms with van der Waals surface area (Å²) in [6, 6.07) is 7.52. The van der Waals surface area contributed by atoms with Gasteiger partial charge >= 0.3 is 0 Å². The first kappa shape index (κ1) is 17.3. The van der Waals surface area contributed by atoms with E-state index in [9.17, 15) is 0 Å². The molecule has 0 fully saturated rings. The second-order valence-electron chi connectivity index (χ2n) is 5.54. The Kier molecular flexibility index (Phi) is 8.67. The van der Waals surface area contributed by atoms with E-state index in [-0.39, 0.29) is 6.10 Å². The van der Waals surface area contributed by atoms with E-state index in [2.05, 4.69) is 31.4 Å². The van der Waals surface area contributed by atoms with Gasteiger partial charge in [0.2, 0.25) is 0 Å². The average molecular weight is 299 g/mol. The molecule has 0 radical (unpaired) electrons. The van der Waals surface area contributed by atoms with Gasteiger partial charge in [0.25, 0.3) is 0 Å². The summed E-state index contributed by atoms with van der Waals surface area (Å²) in [5.41, 5.74) is 0. The van der Waals surface area contributed by atoms with Crippen molar-refractivity contribution >= 4 is 11.6 Å². The molecule has 20 heavy (non-hydrogen) atoms. The topological polar surface area (TPSA) is 33.3 Å². The third-order valence-corrected chi connectivity index (χ3v) is 3.06. The zero-order chi connectivity index (χ0) is 14.8. The third kappa shape index (κ3) is 8.41. The number of nitrogens with one attached hydrogen (secondary N) is 2. The van der Waals surface area contributed by atoms with Crippen molar-refractivity contribution in [2.45, 2.75) is 33.3 Å². The number of hydrogen-bond donors (Lipinski definition) is 2. The van der Waals surface area contributed by atoms with Gasteiger partial charge in [0.1, 0.15) is 11.9 Å². The molecule has 3 nitrogen and oxygen atoms in total. The molecule has 0 saturated carbocycles. The highest BCUT2D eigenvalue weighted by Gasteiger charge is 2.03. The molecule has 0 saturated heterocycles. The quantitative estimate of drug-likeness (QED) is 0.650. The maximum absolute atomic E-state index is 5.92. The summed E-state index contributed by atoms with van der Waals surface area (Å²) < 4.78 is 5.79. The van der Waals surface area contributed by atoms with Crippen LogP contribution in [0, 0.1) is 5.92 Å². The van der Waals surface area contributed by atoms with Gasteiger partial charge in [-0.3, -0.25) is 0 Å². The number of ether oxygens (including phenoxy) is 1. The summed E-state index contributed by atoms with van der Waals surface area (Å²) in [4.78, 5) is 0. The molecule has 0 aliphatic heterocycles. The first-order valence-corrected chi connectivity index (χ1v) is 7.79. The summed E-state index contributed by atoms with van der Waals surface area (Å²) in [7, 11) is 0. The van der Waals surface area contributed by atoms with Crippen LogP contribution in [-0.2, 0) is 0 Å². The van der Waals surface area contributed by atoms with Crippen LogP contribution in [-0.4, -0.2) is 32.3 Å². The molecule has 0 aromatic heterocycles. The summed E-state index contributed by atoms with van der Waals surface area (Å²) >= 11 is 5.92. The van der Waals surface area contributed by atoms with Crippen molar-refractivity contribution in [1.82, 2.24) is 10.6 Å². The van der Waals surface area contributed by atoms with Crippen molar-refractivity contribution in [2.75, 3.05) is 26.2 Å². The fourth-order valence-electron chi connectivity index (χ4n) is 1.85. The monoisotopic (exact) mass is 298 g/mol. The van der Waals surface area contributed by atoms with E-state index in [1.807, 2.05) is 24.3 Å². The maximum Gasteiger partial charge on any atom is 0.121 e. The molecule has 0 amide bonds. The molecule has 1 aromatic carbocycles. The highest BCUT2D eigenvalue weighted by molar-refractivity contribution is 6.30. The van der Waals surface area contributed by atoms with Gasteiger partial charge < -0.3 is 15.4 Å². The molecule has 0 spiro atoms. The van der Waals surface area contributed by atoms with Crippen LogP contribution >= 0.6 is 11.6 Å². The van der Waals surface area contributed by atoms with Gasteiger partial charge in [0.15, 0.2) is 0 Å². The second kappa shape index (κ2) is 10.0. The van der Waals surface area contributed by atoms with Gasteiger partial charge in [0, 0.05) is 11.6 Å². The Bertz CT molecular complexity index is 371. The van der Waals surface area contributed by atoms with Gasteiger partial charge in [-0.15, -0.1) is 0 Å². The van der Waals surface area contributed by atoms with Crippen molar-refractivity contribution in [3.63, 3.8) is 0 Å². The minimum Gasteiger partial charge on any atom is -0.489 e. The number of hydrogen-bond acceptors (Lipinski definition) is 3. The Hall–Kier alpha value is -0.770. The van der Waals surface area contributed by atoms with Crippen molar-refractivity contribution in [3.8, 4) is 5.75 Å². The Morgan fingerprint density at radius 3 is 2.45 bits per heavy atom. The summed E-state index contributed by atoms with van der Waals surface area (Å²) in [6.07, 6.45) is 1.27. The van der Waals surface area contributed by atoms with Gasteiger partial charge in [-0.2, -0.15) is 0 Å². The van der Waals surface area contributed by atoms with Crippen LogP contribution in [0.25, 0.3) is 0 Å². The molecule has 1 atom stereocenters. The van der Waals surface area contributed by atoms with Gasteiger partial charge in [-0.25, -0.2) is 0 Å². The van der Waals surface area contributed by atoms with E-state index < -0.39 is 0 Å². The van der Waals surface area contributed by atoms with Crippen molar-refractivity contribution < 1.29 is 4.74 Å². The largest absolute Gasteiger partial charge is 0.489 e.